The summed E-state index contributed by atoms with van der Waals surface area (Å²) in [7, 11) is 2.01. The van der Waals surface area contributed by atoms with Crippen molar-refractivity contribution >= 4 is 40.4 Å². The number of likely N-dealkylation sites (N-methyl/N-ethyl adjacent to an activating group) is 1. The molecule has 0 radical (unpaired) electrons. The molecule has 31 heavy (non-hydrogen) atoms. The maximum Gasteiger partial charge on any atom is 0.282 e. The zero-order valence-corrected chi connectivity index (χ0v) is 17.9. The van der Waals surface area contributed by atoms with E-state index in [1.807, 2.05) is 11.9 Å². The molecule has 4 rings (SSSR count). The van der Waals surface area contributed by atoms with Crippen LogP contribution in [0, 0.1) is 17.0 Å². The molecule has 0 unspecified atom stereocenters. The number of nitrogens with zero attached hydrogens (tertiary/aromatic N) is 4. The van der Waals surface area contributed by atoms with Crippen LogP contribution in [0.3, 0.4) is 0 Å². The molecule has 2 amide bonds. The van der Waals surface area contributed by atoms with Crippen LogP contribution < -0.4 is 4.90 Å². The van der Waals surface area contributed by atoms with Crippen LogP contribution in [-0.2, 0) is 9.59 Å². The number of piperazine rings is 1. The van der Waals surface area contributed by atoms with E-state index in [4.69, 9.17) is 11.6 Å². The number of benzene rings is 2. The fourth-order valence-electron chi connectivity index (χ4n) is 3.94. The van der Waals surface area contributed by atoms with E-state index in [0.29, 0.717) is 40.6 Å². The number of nitro benzene ring substituents is 1. The molecule has 0 aliphatic carbocycles. The molecule has 9 heteroatoms. The van der Waals surface area contributed by atoms with Crippen molar-refractivity contribution in [1.29, 1.82) is 0 Å². The highest BCUT2D eigenvalue weighted by Crippen LogP contribution is 2.37. The third-order valence-corrected chi connectivity index (χ3v) is 5.88. The smallest absolute Gasteiger partial charge is 0.282 e. The molecule has 1 saturated heterocycles. The largest absolute Gasteiger partial charge is 0.364 e. The molecule has 0 atom stereocenters. The van der Waals surface area contributed by atoms with E-state index in [2.05, 4.69) is 4.90 Å². The monoisotopic (exact) mass is 440 g/mol. The highest BCUT2D eigenvalue weighted by Gasteiger charge is 2.43. The summed E-state index contributed by atoms with van der Waals surface area (Å²) >= 11 is 6.06. The van der Waals surface area contributed by atoms with E-state index in [-0.39, 0.29) is 11.3 Å². The fourth-order valence-corrected chi connectivity index (χ4v) is 4.17. The van der Waals surface area contributed by atoms with Crippen LogP contribution in [0.25, 0.3) is 5.57 Å². The lowest BCUT2D eigenvalue weighted by atomic mass is 10.0. The summed E-state index contributed by atoms with van der Waals surface area (Å²) in [6.45, 7) is 4.53. The van der Waals surface area contributed by atoms with Crippen LogP contribution in [0.15, 0.2) is 48.2 Å². The van der Waals surface area contributed by atoms with Crippen molar-refractivity contribution < 1.29 is 14.5 Å². The Balaban J connectivity index is 1.82. The molecule has 0 spiro atoms. The number of halogens is 1. The Morgan fingerprint density at radius 3 is 2.19 bits per heavy atom. The maximum absolute atomic E-state index is 13.5. The highest BCUT2D eigenvalue weighted by molar-refractivity contribution is 6.45. The number of hydrogen-bond acceptors (Lipinski definition) is 6. The summed E-state index contributed by atoms with van der Waals surface area (Å²) in [5.41, 5.74) is 2.18. The number of imide groups is 1. The molecule has 1 fully saturated rings. The van der Waals surface area contributed by atoms with Crippen molar-refractivity contribution in [3.63, 3.8) is 0 Å². The Hall–Kier alpha value is -3.23. The van der Waals surface area contributed by atoms with E-state index in [0.717, 1.165) is 13.1 Å². The number of amides is 2. The summed E-state index contributed by atoms with van der Waals surface area (Å²) in [6.07, 6.45) is 0. The lowest BCUT2D eigenvalue weighted by Crippen LogP contribution is -2.46. The summed E-state index contributed by atoms with van der Waals surface area (Å²) in [4.78, 5) is 42.9. The second-order valence-corrected chi connectivity index (χ2v) is 8.13. The minimum atomic E-state index is -0.495. The molecular formula is C22H21ClN4O4. The average molecular weight is 441 g/mol. The number of hydrogen-bond donors (Lipinski definition) is 0. The topological polar surface area (TPSA) is 87.0 Å². The number of nitro groups is 1. The van der Waals surface area contributed by atoms with Gasteiger partial charge in [-0.1, -0.05) is 11.6 Å². The van der Waals surface area contributed by atoms with Gasteiger partial charge in [0.15, 0.2) is 0 Å². The lowest BCUT2D eigenvalue weighted by molar-refractivity contribution is -0.384. The zero-order valence-electron chi connectivity index (χ0n) is 17.2. The van der Waals surface area contributed by atoms with E-state index >= 15 is 0 Å². The van der Waals surface area contributed by atoms with Gasteiger partial charge in [0.1, 0.15) is 5.70 Å². The third kappa shape index (κ3) is 3.80. The molecule has 0 N–H and O–H groups in total. The Kier molecular flexibility index (Phi) is 5.51. The number of rotatable bonds is 4. The van der Waals surface area contributed by atoms with Crippen molar-refractivity contribution in [2.75, 3.05) is 38.1 Å². The van der Waals surface area contributed by atoms with Crippen molar-refractivity contribution in [3.05, 3.63) is 74.4 Å². The van der Waals surface area contributed by atoms with Gasteiger partial charge in [-0.2, -0.15) is 0 Å². The maximum atomic E-state index is 13.5. The van der Waals surface area contributed by atoms with Gasteiger partial charge in [-0.15, -0.1) is 0 Å². The van der Waals surface area contributed by atoms with Gasteiger partial charge >= 0.3 is 0 Å². The van der Waals surface area contributed by atoms with E-state index in [1.54, 1.807) is 25.1 Å². The number of non-ortho nitro benzene ring substituents is 1. The molecular weight excluding hydrogens is 420 g/mol. The van der Waals surface area contributed by atoms with Gasteiger partial charge in [-0.05, 0) is 55.4 Å². The van der Waals surface area contributed by atoms with Gasteiger partial charge in [0.25, 0.3) is 17.5 Å². The van der Waals surface area contributed by atoms with Gasteiger partial charge in [-0.3, -0.25) is 19.7 Å². The Morgan fingerprint density at radius 1 is 0.968 bits per heavy atom. The van der Waals surface area contributed by atoms with Crippen LogP contribution in [0.2, 0.25) is 5.02 Å². The lowest BCUT2D eigenvalue weighted by Gasteiger charge is -2.34. The van der Waals surface area contributed by atoms with Crippen molar-refractivity contribution in [1.82, 2.24) is 9.80 Å². The first-order chi connectivity index (χ1) is 14.8. The summed E-state index contributed by atoms with van der Waals surface area (Å²) in [5, 5.41) is 11.6. The Labute approximate surface area is 184 Å². The minimum Gasteiger partial charge on any atom is -0.364 e. The molecule has 2 aliphatic heterocycles. The van der Waals surface area contributed by atoms with Crippen molar-refractivity contribution in [2.45, 2.75) is 6.92 Å². The van der Waals surface area contributed by atoms with Crippen LogP contribution in [-0.4, -0.2) is 59.8 Å². The quantitative estimate of drug-likeness (QED) is 0.412. The molecule has 0 saturated carbocycles. The standard InChI is InChI=1S/C22H21ClN4O4/c1-14-13-16(23)5-8-18(14)26-21(28)19(15-3-6-17(7-4-15)27(30)31)20(22(26)29)25-11-9-24(2)10-12-25/h3-8,13H,9-12H2,1-2H3. The fraction of sp³-hybridized carbons (Fsp3) is 0.273. The number of carbonyl (C=O) groups is 2. The molecule has 2 aromatic carbocycles. The van der Waals surface area contributed by atoms with Crippen molar-refractivity contribution in [3.8, 4) is 0 Å². The van der Waals surface area contributed by atoms with Crippen LogP contribution in [0.1, 0.15) is 11.1 Å². The number of carbonyl (C=O) groups excluding carboxylic acids is 2. The van der Waals surface area contributed by atoms with E-state index < -0.39 is 16.7 Å². The van der Waals surface area contributed by atoms with Gasteiger partial charge in [0.05, 0.1) is 16.2 Å². The number of anilines is 1. The molecule has 2 heterocycles. The Morgan fingerprint density at radius 2 is 1.61 bits per heavy atom. The Bertz CT molecular complexity index is 1100. The predicted octanol–water partition coefficient (Wildman–Crippen LogP) is 3.09. The predicted molar refractivity (Wildman–Crippen MR) is 118 cm³/mol. The average Bonchev–Trinajstić information content (AvgIpc) is 2.99. The second kappa shape index (κ2) is 8.13. The first-order valence-corrected chi connectivity index (χ1v) is 10.2. The third-order valence-electron chi connectivity index (χ3n) is 5.65. The van der Waals surface area contributed by atoms with Crippen LogP contribution in [0.5, 0.6) is 0 Å². The molecule has 2 aliphatic rings. The van der Waals surface area contributed by atoms with Crippen molar-refractivity contribution in [2.24, 2.45) is 0 Å². The van der Waals surface area contributed by atoms with Gasteiger partial charge in [0.2, 0.25) is 0 Å². The van der Waals surface area contributed by atoms with Crippen LogP contribution in [0.4, 0.5) is 11.4 Å². The number of aryl methyl sites for hydroxylation is 1. The highest BCUT2D eigenvalue weighted by atomic mass is 35.5. The molecule has 0 bridgehead atoms. The van der Waals surface area contributed by atoms with Crippen LogP contribution >= 0.6 is 11.6 Å². The molecule has 160 valence electrons. The van der Waals surface area contributed by atoms with E-state index in [9.17, 15) is 19.7 Å². The second-order valence-electron chi connectivity index (χ2n) is 7.69. The van der Waals surface area contributed by atoms with Gasteiger partial charge < -0.3 is 9.80 Å². The SMILES string of the molecule is Cc1cc(Cl)ccc1N1C(=O)C(c2ccc([N+](=O)[O-])cc2)=C(N2CCN(C)CC2)C1=O. The van der Waals surface area contributed by atoms with Gasteiger partial charge in [0, 0.05) is 43.3 Å². The summed E-state index contributed by atoms with van der Waals surface area (Å²) in [5.74, 6) is -0.841. The van der Waals surface area contributed by atoms with Gasteiger partial charge in [-0.25, -0.2) is 4.90 Å². The zero-order chi connectivity index (χ0) is 22.3. The first kappa shape index (κ1) is 21.0. The minimum absolute atomic E-state index is 0.0762. The summed E-state index contributed by atoms with van der Waals surface area (Å²) < 4.78 is 0. The normalized spacial score (nSPS) is 17.6. The van der Waals surface area contributed by atoms with E-state index in [1.165, 1.54) is 29.2 Å². The molecule has 8 nitrogen and oxygen atoms in total. The molecule has 0 aromatic heterocycles. The molecule has 2 aromatic rings. The first-order valence-electron chi connectivity index (χ1n) is 9.85. The summed E-state index contributed by atoms with van der Waals surface area (Å²) in [6, 6.07) is 10.7.